The summed E-state index contributed by atoms with van der Waals surface area (Å²) in [4.78, 5) is 0. The Balaban J connectivity index is 2.71. The number of nitrogens with one attached hydrogen (secondary N) is 1. The van der Waals surface area contributed by atoms with E-state index in [2.05, 4.69) is 25.2 Å². The zero-order chi connectivity index (χ0) is 12.7. The average Bonchev–Trinajstić information content (AvgIpc) is 2.41. The highest BCUT2D eigenvalue weighted by atomic mass is 35.5. The number of halogens is 1. The van der Waals surface area contributed by atoms with Crippen molar-refractivity contribution in [2.45, 2.75) is 38.8 Å². The predicted octanol–water partition coefficient (Wildman–Crippen LogP) is 3.58. The van der Waals surface area contributed by atoms with Crippen LogP contribution in [0.25, 0.3) is 0 Å². The van der Waals surface area contributed by atoms with Crippen LogP contribution < -0.4 is 10.1 Å². The molecule has 0 aliphatic heterocycles. The number of methoxy groups -OCH3 is 1. The zero-order valence-electron chi connectivity index (χ0n) is 10.9. The Morgan fingerprint density at radius 2 is 1.88 bits per heavy atom. The highest BCUT2D eigenvalue weighted by Gasteiger charge is 2.24. The summed E-state index contributed by atoms with van der Waals surface area (Å²) in [5.41, 5.74) is 1.20. The van der Waals surface area contributed by atoms with Gasteiger partial charge in [0.15, 0.2) is 0 Å². The van der Waals surface area contributed by atoms with Crippen LogP contribution in [-0.2, 0) is 6.54 Å². The van der Waals surface area contributed by atoms with E-state index in [1.807, 2.05) is 18.2 Å². The molecular formula is C14H22ClNO. The normalized spacial score (nSPS) is 11.5. The van der Waals surface area contributed by atoms with Gasteiger partial charge in [-0.15, -0.1) is 11.6 Å². The van der Waals surface area contributed by atoms with Gasteiger partial charge in [-0.3, -0.25) is 0 Å². The van der Waals surface area contributed by atoms with Crippen molar-refractivity contribution in [1.29, 1.82) is 0 Å². The highest BCUT2D eigenvalue weighted by Crippen LogP contribution is 2.21. The summed E-state index contributed by atoms with van der Waals surface area (Å²) in [5, 5.41) is 3.56. The van der Waals surface area contributed by atoms with Gasteiger partial charge in [-0.2, -0.15) is 0 Å². The van der Waals surface area contributed by atoms with E-state index in [0.29, 0.717) is 5.88 Å². The standard InChI is InChI=1S/C14H22ClNO/c1-4-14(5-2,11-15)16-10-12-8-6-7-9-13(12)17-3/h6-9,16H,4-5,10-11H2,1-3H3. The van der Waals surface area contributed by atoms with Crippen molar-refractivity contribution >= 4 is 11.6 Å². The first-order valence-electron chi connectivity index (χ1n) is 6.14. The molecule has 96 valence electrons. The predicted molar refractivity (Wildman–Crippen MR) is 73.9 cm³/mol. The third-order valence-corrected chi connectivity index (χ3v) is 3.97. The summed E-state index contributed by atoms with van der Waals surface area (Å²) in [6.07, 6.45) is 2.06. The molecule has 17 heavy (non-hydrogen) atoms. The molecule has 0 aliphatic carbocycles. The van der Waals surface area contributed by atoms with E-state index in [0.717, 1.165) is 25.1 Å². The number of hydrogen-bond donors (Lipinski definition) is 1. The van der Waals surface area contributed by atoms with E-state index < -0.39 is 0 Å². The molecule has 0 saturated heterocycles. The SMILES string of the molecule is CCC(CC)(CCl)NCc1ccccc1OC. The van der Waals surface area contributed by atoms with Crippen LogP contribution in [0.5, 0.6) is 5.75 Å². The van der Waals surface area contributed by atoms with E-state index >= 15 is 0 Å². The van der Waals surface area contributed by atoms with E-state index in [-0.39, 0.29) is 5.54 Å². The van der Waals surface area contributed by atoms with Gasteiger partial charge in [0.25, 0.3) is 0 Å². The molecule has 0 unspecified atom stereocenters. The Morgan fingerprint density at radius 3 is 2.41 bits per heavy atom. The molecule has 0 fully saturated rings. The molecule has 0 bridgehead atoms. The van der Waals surface area contributed by atoms with Gasteiger partial charge in [-0.25, -0.2) is 0 Å². The lowest BCUT2D eigenvalue weighted by Crippen LogP contribution is -2.45. The van der Waals surface area contributed by atoms with Crippen molar-refractivity contribution in [3.05, 3.63) is 29.8 Å². The largest absolute Gasteiger partial charge is 0.496 e. The smallest absolute Gasteiger partial charge is 0.123 e. The summed E-state index contributed by atoms with van der Waals surface area (Å²) in [7, 11) is 1.70. The van der Waals surface area contributed by atoms with Crippen LogP contribution in [0.15, 0.2) is 24.3 Å². The molecule has 0 aliphatic rings. The number of alkyl halides is 1. The molecule has 0 radical (unpaired) electrons. The molecule has 0 saturated carbocycles. The first kappa shape index (κ1) is 14.3. The lowest BCUT2D eigenvalue weighted by Gasteiger charge is -2.31. The Bertz CT molecular complexity index is 328. The van der Waals surface area contributed by atoms with Gasteiger partial charge in [0.05, 0.1) is 7.11 Å². The maximum Gasteiger partial charge on any atom is 0.123 e. The van der Waals surface area contributed by atoms with Crippen LogP contribution in [0.2, 0.25) is 0 Å². The third-order valence-electron chi connectivity index (χ3n) is 3.46. The van der Waals surface area contributed by atoms with Gasteiger partial charge in [-0.05, 0) is 18.9 Å². The lowest BCUT2D eigenvalue weighted by molar-refractivity contribution is 0.329. The summed E-state index contributed by atoms with van der Waals surface area (Å²) in [6, 6.07) is 8.07. The molecule has 0 amide bonds. The van der Waals surface area contributed by atoms with Crippen LogP contribution >= 0.6 is 11.6 Å². The Morgan fingerprint density at radius 1 is 1.24 bits per heavy atom. The summed E-state index contributed by atoms with van der Waals surface area (Å²) < 4.78 is 5.34. The Hall–Kier alpha value is -0.730. The van der Waals surface area contributed by atoms with Crippen molar-refractivity contribution in [3.8, 4) is 5.75 Å². The van der Waals surface area contributed by atoms with Crippen molar-refractivity contribution in [2.75, 3.05) is 13.0 Å². The fourth-order valence-electron chi connectivity index (χ4n) is 1.87. The maximum absolute atomic E-state index is 6.07. The third kappa shape index (κ3) is 3.62. The monoisotopic (exact) mass is 255 g/mol. The fraction of sp³-hybridized carbons (Fsp3) is 0.571. The van der Waals surface area contributed by atoms with Gasteiger partial charge in [0.1, 0.15) is 5.75 Å². The van der Waals surface area contributed by atoms with Gasteiger partial charge in [-0.1, -0.05) is 32.0 Å². The van der Waals surface area contributed by atoms with Crippen molar-refractivity contribution < 1.29 is 4.74 Å². The number of rotatable bonds is 7. The molecule has 3 heteroatoms. The van der Waals surface area contributed by atoms with Gasteiger partial charge in [0.2, 0.25) is 0 Å². The van der Waals surface area contributed by atoms with Crippen LogP contribution in [0.1, 0.15) is 32.3 Å². The van der Waals surface area contributed by atoms with Crippen molar-refractivity contribution in [2.24, 2.45) is 0 Å². The van der Waals surface area contributed by atoms with Crippen LogP contribution in [0.3, 0.4) is 0 Å². The van der Waals surface area contributed by atoms with E-state index in [4.69, 9.17) is 16.3 Å². The molecule has 0 heterocycles. The molecule has 0 atom stereocenters. The Kier molecular flexibility index (Phi) is 5.79. The second-order valence-corrected chi connectivity index (χ2v) is 4.55. The fourth-order valence-corrected chi connectivity index (χ4v) is 2.34. The second kappa shape index (κ2) is 6.87. The topological polar surface area (TPSA) is 21.3 Å². The van der Waals surface area contributed by atoms with Crippen LogP contribution in [0.4, 0.5) is 0 Å². The quantitative estimate of drug-likeness (QED) is 0.752. The van der Waals surface area contributed by atoms with Crippen LogP contribution in [-0.4, -0.2) is 18.5 Å². The van der Waals surface area contributed by atoms with Gasteiger partial charge in [0, 0.05) is 23.5 Å². The molecule has 1 aromatic carbocycles. The molecule has 1 rings (SSSR count). The van der Waals surface area contributed by atoms with Gasteiger partial charge >= 0.3 is 0 Å². The lowest BCUT2D eigenvalue weighted by atomic mass is 9.95. The van der Waals surface area contributed by atoms with Crippen molar-refractivity contribution in [1.82, 2.24) is 5.32 Å². The molecule has 0 aromatic heterocycles. The van der Waals surface area contributed by atoms with E-state index in [9.17, 15) is 0 Å². The Labute approximate surface area is 109 Å². The minimum Gasteiger partial charge on any atom is -0.496 e. The average molecular weight is 256 g/mol. The first-order valence-corrected chi connectivity index (χ1v) is 6.67. The molecule has 1 aromatic rings. The van der Waals surface area contributed by atoms with Gasteiger partial charge < -0.3 is 10.1 Å². The summed E-state index contributed by atoms with van der Waals surface area (Å²) in [6.45, 7) is 5.13. The first-order chi connectivity index (χ1) is 8.21. The second-order valence-electron chi connectivity index (χ2n) is 4.29. The molecule has 2 nitrogen and oxygen atoms in total. The maximum atomic E-state index is 6.07. The van der Waals surface area contributed by atoms with Crippen molar-refractivity contribution in [3.63, 3.8) is 0 Å². The molecule has 0 spiro atoms. The number of ether oxygens (including phenoxy) is 1. The molecular weight excluding hydrogens is 234 g/mol. The molecule has 1 N–H and O–H groups in total. The zero-order valence-corrected chi connectivity index (χ0v) is 11.7. The minimum absolute atomic E-state index is 0.0302. The highest BCUT2D eigenvalue weighted by molar-refractivity contribution is 6.18. The number of hydrogen-bond acceptors (Lipinski definition) is 2. The minimum atomic E-state index is 0.0302. The number of para-hydroxylation sites is 1. The number of benzene rings is 1. The summed E-state index contributed by atoms with van der Waals surface area (Å²) >= 11 is 6.07. The van der Waals surface area contributed by atoms with E-state index in [1.165, 1.54) is 5.56 Å². The van der Waals surface area contributed by atoms with Crippen LogP contribution in [0, 0.1) is 0 Å². The summed E-state index contributed by atoms with van der Waals surface area (Å²) in [5.74, 6) is 1.56. The van der Waals surface area contributed by atoms with E-state index in [1.54, 1.807) is 7.11 Å².